The lowest BCUT2D eigenvalue weighted by atomic mass is 9.93. The molecule has 3 rings (SSSR count). The third-order valence-corrected chi connectivity index (χ3v) is 3.96. The van der Waals surface area contributed by atoms with Crippen LogP contribution in [0.1, 0.15) is 17.2 Å². The highest BCUT2D eigenvalue weighted by atomic mass is 79.9. The lowest BCUT2D eigenvalue weighted by molar-refractivity contribution is 0.466. The van der Waals surface area contributed by atoms with Crippen LogP contribution in [0.15, 0.2) is 65.1 Å². The smallest absolute Gasteiger partial charge is 0.121 e. The van der Waals surface area contributed by atoms with E-state index < -0.39 is 0 Å². The maximum Gasteiger partial charge on any atom is 0.121 e. The molecule has 100 valence electrons. The number of fused-ring (bicyclic) bond motifs is 1. The molecule has 0 saturated carbocycles. The van der Waals surface area contributed by atoms with Gasteiger partial charge in [-0.2, -0.15) is 0 Å². The zero-order valence-corrected chi connectivity index (χ0v) is 12.3. The van der Waals surface area contributed by atoms with Crippen molar-refractivity contribution in [2.24, 2.45) is 5.73 Å². The Kier molecular flexibility index (Phi) is 3.47. The molecule has 0 aromatic heterocycles. The molecule has 0 amide bonds. The van der Waals surface area contributed by atoms with Crippen molar-refractivity contribution in [2.45, 2.75) is 6.04 Å². The first-order valence-corrected chi connectivity index (χ1v) is 7.18. The van der Waals surface area contributed by atoms with E-state index in [1.54, 1.807) is 6.07 Å². The van der Waals surface area contributed by atoms with Gasteiger partial charge in [0.2, 0.25) is 0 Å². The quantitative estimate of drug-likeness (QED) is 0.734. The predicted octanol–water partition coefficient (Wildman–Crippen LogP) is 4.36. The Morgan fingerprint density at radius 1 is 0.950 bits per heavy atom. The molecule has 3 aromatic carbocycles. The molecular formula is C17H14BrNO. The highest BCUT2D eigenvalue weighted by molar-refractivity contribution is 9.10. The number of rotatable bonds is 2. The maximum absolute atomic E-state index is 10.2. The summed E-state index contributed by atoms with van der Waals surface area (Å²) >= 11 is 3.45. The van der Waals surface area contributed by atoms with Gasteiger partial charge in [-0.1, -0.05) is 58.4 Å². The molecule has 3 N–H and O–H groups in total. The van der Waals surface area contributed by atoms with Gasteiger partial charge in [0.1, 0.15) is 5.75 Å². The summed E-state index contributed by atoms with van der Waals surface area (Å²) in [6.45, 7) is 0. The van der Waals surface area contributed by atoms with Gasteiger partial charge in [0, 0.05) is 10.0 Å². The second-order valence-electron chi connectivity index (χ2n) is 4.75. The van der Waals surface area contributed by atoms with Gasteiger partial charge in [-0.15, -0.1) is 0 Å². The summed E-state index contributed by atoms with van der Waals surface area (Å²) < 4.78 is 0.977. The summed E-state index contributed by atoms with van der Waals surface area (Å²) in [4.78, 5) is 0. The fourth-order valence-electron chi connectivity index (χ4n) is 2.48. The van der Waals surface area contributed by atoms with E-state index in [0.717, 1.165) is 26.4 Å². The van der Waals surface area contributed by atoms with Crippen molar-refractivity contribution in [1.82, 2.24) is 0 Å². The lowest BCUT2D eigenvalue weighted by Crippen LogP contribution is -2.12. The molecule has 3 aromatic rings. The van der Waals surface area contributed by atoms with E-state index in [2.05, 4.69) is 15.9 Å². The molecule has 0 fully saturated rings. The number of nitrogens with two attached hydrogens (primary N) is 1. The van der Waals surface area contributed by atoms with E-state index in [1.807, 2.05) is 54.6 Å². The van der Waals surface area contributed by atoms with Crippen LogP contribution in [0.4, 0.5) is 0 Å². The Hall–Kier alpha value is -1.84. The summed E-state index contributed by atoms with van der Waals surface area (Å²) in [5.41, 5.74) is 8.10. The Labute approximate surface area is 126 Å². The molecular weight excluding hydrogens is 314 g/mol. The summed E-state index contributed by atoms with van der Waals surface area (Å²) in [5, 5.41) is 12.3. The van der Waals surface area contributed by atoms with Crippen LogP contribution in [-0.2, 0) is 0 Å². The van der Waals surface area contributed by atoms with Crippen molar-refractivity contribution in [3.05, 3.63) is 76.3 Å². The van der Waals surface area contributed by atoms with Crippen LogP contribution in [0.3, 0.4) is 0 Å². The molecule has 0 saturated heterocycles. The van der Waals surface area contributed by atoms with Gasteiger partial charge in [0.25, 0.3) is 0 Å². The van der Waals surface area contributed by atoms with E-state index in [0.29, 0.717) is 0 Å². The number of benzene rings is 3. The van der Waals surface area contributed by atoms with Gasteiger partial charge in [-0.25, -0.2) is 0 Å². The summed E-state index contributed by atoms with van der Waals surface area (Å²) in [7, 11) is 0. The van der Waals surface area contributed by atoms with Crippen molar-refractivity contribution in [3.63, 3.8) is 0 Å². The Bertz CT molecular complexity index is 770. The molecule has 0 radical (unpaired) electrons. The predicted molar refractivity (Wildman–Crippen MR) is 85.8 cm³/mol. The minimum Gasteiger partial charge on any atom is -0.508 e. The second kappa shape index (κ2) is 5.27. The monoisotopic (exact) mass is 327 g/mol. The van der Waals surface area contributed by atoms with Crippen LogP contribution in [-0.4, -0.2) is 5.11 Å². The van der Waals surface area contributed by atoms with Crippen LogP contribution in [0, 0.1) is 0 Å². The molecule has 0 unspecified atom stereocenters. The minimum absolute atomic E-state index is 0.233. The summed E-state index contributed by atoms with van der Waals surface area (Å²) in [6, 6.07) is 19.0. The summed E-state index contributed by atoms with van der Waals surface area (Å²) in [6.07, 6.45) is 0. The molecule has 2 nitrogen and oxygen atoms in total. The first-order valence-electron chi connectivity index (χ1n) is 6.38. The van der Waals surface area contributed by atoms with E-state index in [4.69, 9.17) is 5.73 Å². The number of hydrogen-bond acceptors (Lipinski definition) is 2. The molecule has 0 spiro atoms. The number of phenolic OH excluding ortho intramolecular Hbond substituents is 1. The van der Waals surface area contributed by atoms with Crippen molar-refractivity contribution in [1.29, 1.82) is 0 Å². The number of phenols is 1. The van der Waals surface area contributed by atoms with Crippen LogP contribution < -0.4 is 5.73 Å². The van der Waals surface area contributed by atoms with Crippen LogP contribution >= 0.6 is 15.9 Å². The van der Waals surface area contributed by atoms with Crippen molar-refractivity contribution in [2.75, 3.05) is 0 Å². The first-order chi connectivity index (χ1) is 9.66. The van der Waals surface area contributed by atoms with Crippen LogP contribution in [0.5, 0.6) is 5.75 Å². The average Bonchev–Trinajstić information content (AvgIpc) is 2.46. The highest BCUT2D eigenvalue weighted by Gasteiger charge is 2.16. The molecule has 1 atom stereocenters. The molecule has 3 heteroatoms. The van der Waals surface area contributed by atoms with Crippen molar-refractivity contribution in [3.8, 4) is 5.75 Å². The Balaban J connectivity index is 2.21. The Morgan fingerprint density at radius 3 is 2.55 bits per heavy atom. The van der Waals surface area contributed by atoms with Crippen molar-refractivity contribution < 1.29 is 5.11 Å². The van der Waals surface area contributed by atoms with E-state index in [-0.39, 0.29) is 11.8 Å². The van der Waals surface area contributed by atoms with Gasteiger partial charge >= 0.3 is 0 Å². The molecule has 0 aliphatic rings. The first kappa shape index (κ1) is 13.2. The standard InChI is InChI=1S/C17H14BrNO/c18-13-6-3-5-12(10-13)17(19)16-14-7-2-1-4-11(14)8-9-15(16)20/h1-10,17,20H,19H2/t17-/m1/s1. The molecule has 0 bridgehead atoms. The fraction of sp³-hybridized carbons (Fsp3) is 0.0588. The molecule has 0 heterocycles. The van der Waals surface area contributed by atoms with Crippen molar-refractivity contribution >= 4 is 26.7 Å². The van der Waals surface area contributed by atoms with E-state index >= 15 is 0 Å². The normalized spacial score (nSPS) is 12.5. The SMILES string of the molecule is N[C@H](c1cccc(Br)c1)c1c(O)ccc2ccccc12. The highest BCUT2D eigenvalue weighted by Crippen LogP contribution is 2.34. The zero-order chi connectivity index (χ0) is 14.1. The zero-order valence-electron chi connectivity index (χ0n) is 10.8. The van der Waals surface area contributed by atoms with Gasteiger partial charge in [0.15, 0.2) is 0 Å². The number of aromatic hydroxyl groups is 1. The largest absolute Gasteiger partial charge is 0.508 e. The van der Waals surface area contributed by atoms with Gasteiger partial charge < -0.3 is 10.8 Å². The minimum atomic E-state index is -0.362. The van der Waals surface area contributed by atoms with Crippen LogP contribution in [0.25, 0.3) is 10.8 Å². The van der Waals surface area contributed by atoms with Gasteiger partial charge in [0.05, 0.1) is 6.04 Å². The number of hydrogen-bond donors (Lipinski definition) is 2. The van der Waals surface area contributed by atoms with Gasteiger partial charge in [-0.05, 0) is 34.5 Å². The third kappa shape index (κ3) is 2.30. The molecule has 0 aliphatic heterocycles. The maximum atomic E-state index is 10.2. The fourth-order valence-corrected chi connectivity index (χ4v) is 2.89. The second-order valence-corrected chi connectivity index (χ2v) is 5.67. The number of halogens is 1. The van der Waals surface area contributed by atoms with E-state index in [1.165, 1.54) is 0 Å². The molecule has 20 heavy (non-hydrogen) atoms. The molecule has 0 aliphatic carbocycles. The van der Waals surface area contributed by atoms with Gasteiger partial charge in [-0.3, -0.25) is 0 Å². The van der Waals surface area contributed by atoms with Crippen LogP contribution in [0.2, 0.25) is 0 Å². The lowest BCUT2D eigenvalue weighted by Gasteiger charge is -2.17. The van der Waals surface area contributed by atoms with E-state index in [9.17, 15) is 5.11 Å². The summed E-state index contributed by atoms with van der Waals surface area (Å²) in [5.74, 6) is 0.233. The Morgan fingerprint density at radius 2 is 1.75 bits per heavy atom. The topological polar surface area (TPSA) is 46.2 Å². The third-order valence-electron chi connectivity index (χ3n) is 3.47. The average molecular weight is 328 g/mol.